The molecule has 0 aliphatic carbocycles. The van der Waals surface area contributed by atoms with Crippen molar-refractivity contribution in [3.05, 3.63) is 47.5 Å². The largest absolute Gasteiger partial charge is 0.477 e. The number of aromatic carboxylic acids is 1. The van der Waals surface area contributed by atoms with Gasteiger partial charge in [-0.25, -0.2) is 18.9 Å². The zero-order valence-electron chi connectivity index (χ0n) is 19.4. The van der Waals surface area contributed by atoms with Crippen LogP contribution in [0, 0.1) is 5.82 Å². The van der Waals surface area contributed by atoms with Gasteiger partial charge in [0.05, 0.1) is 28.6 Å². The number of aromatic nitrogens is 3. The number of piperidine rings is 1. The number of benzene rings is 1. The van der Waals surface area contributed by atoms with Crippen LogP contribution in [0.25, 0.3) is 16.7 Å². The van der Waals surface area contributed by atoms with Gasteiger partial charge in [-0.2, -0.15) is 5.10 Å². The Morgan fingerprint density at radius 1 is 1.24 bits per heavy atom. The molecular weight excluding hydrogens is 423 g/mol. The summed E-state index contributed by atoms with van der Waals surface area (Å²) in [6, 6.07) is 7.64. The average molecular weight is 455 g/mol. The summed E-state index contributed by atoms with van der Waals surface area (Å²) in [5.41, 5.74) is 2.76. The van der Waals surface area contributed by atoms with Crippen molar-refractivity contribution in [1.29, 1.82) is 0 Å². The first-order chi connectivity index (χ1) is 15.9. The van der Waals surface area contributed by atoms with Crippen LogP contribution in [0.1, 0.15) is 68.6 Å². The molecule has 1 aliphatic heterocycles. The summed E-state index contributed by atoms with van der Waals surface area (Å²) in [7, 11) is 0. The third kappa shape index (κ3) is 4.85. The highest BCUT2D eigenvalue weighted by molar-refractivity contribution is 5.98. The van der Waals surface area contributed by atoms with Gasteiger partial charge >= 0.3 is 5.97 Å². The quantitative estimate of drug-likeness (QED) is 0.473. The zero-order valence-corrected chi connectivity index (χ0v) is 19.4. The lowest BCUT2D eigenvalue weighted by Crippen LogP contribution is -2.37. The number of carboxylic acids is 1. The summed E-state index contributed by atoms with van der Waals surface area (Å²) in [5, 5.41) is 15.4. The molecule has 0 bridgehead atoms. The van der Waals surface area contributed by atoms with E-state index in [9.17, 15) is 14.3 Å². The number of hydrogen-bond acceptors (Lipinski definition) is 5. The molecule has 3 heterocycles. The number of unbranched alkanes of at least 4 members (excludes halogenated alkanes) is 1. The monoisotopic (exact) mass is 454 g/mol. The van der Waals surface area contributed by atoms with Gasteiger partial charge in [-0.1, -0.05) is 27.2 Å². The smallest absolute Gasteiger partial charge is 0.354 e. The first-order valence-corrected chi connectivity index (χ1v) is 11.7. The molecule has 0 unspecified atom stereocenters. The molecule has 0 atom stereocenters. The molecule has 1 aliphatic rings. The van der Waals surface area contributed by atoms with Gasteiger partial charge in [-0.15, -0.1) is 0 Å². The highest BCUT2D eigenvalue weighted by atomic mass is 19.1. The van der Waals surface area contributed by atoms with E-state index in [1.807, 2.05) is 0 Å². The van der Waals surface area contributed by atoms with Crippen LogP contribution in [0.15, 0.2) is 30.3 Å². The van der Waals surface area contributed by atoms with Crippen LogP contribution in [-0.4, -0.2) is 51.6 Å². The number of halogens is 1. The molecule has 3 aromatic rings. The Bertz CT molecular complexity index is 1120. The maximum absolute atomic E-state index is 13.5. The predicted octanol–water partition coefficient (Wildman–Crippen LogP) is 5.17. The van der Waals surface area contributed by atoms with Crippen LogP contribution < -0.4 is 4.90 Å². The zero-order chi connectivity index (χ0) is 23.5. The molecule has 1 aromatic carbocycles. The van der Waals surface area contributed by atoms with Gasteiger partial charge < -0.3 is 14.7 Å². The second-order valence-corrected chi connectivity index (χ2v) is 8.87. The van der Waals surface area contributed by atoms with Crippen molar-refractivity contribution in [2.45, 2.75) is 58.5 Å². The van der Waals surface area contributed by atoms with Crippen molar-refractivity contribution in [1.82, 2.24) is 14.8 Å². The molecule has 1 saturated heterocycles. The first kappa shape index (κ1) is 23.2. The van der Waals surface area contributed by atoms with Gasteiger partial charge in [-0.05, 0) is 55.5 Å². The number of pyridine rings is 1. The van der Waals surface area contributed by atoms with Crippen molar-refractivity contribution >= 4 is 22.7 Å². The number of ether oxygens (including phenoxy) is 1. The van der Waals surface area contributed by atoms with E-state index in [1.54, 1.807) is 22.9 Å². The second kappa shape index (κ2) is 9.87. The number of fused-ring (bicyclic) bond motifs is 1. The Morgan fingerprint density at radius 3 is 2.55 bits per heavy atom. The third-order valence-electron chi connectivity index (χ3n) is 6.12. The summed E-state index contributed by atoms with van der Waals surface area (Å²) >= 11 is 0. The number of nitrogens with zero attached hydrogens (tertiary/aromatic N) is 4. The number of carboxylic acid groups (broad SMARTS) is 1. The van der Waals surface area contributed by atoms with Crippen LogP contribution in [0.4, 0.5) is 10.1 Å². The summed E-state index contributed by atoms with van der Waals surface area (Å²) in [6.07, 6.45) is 4.18. The first-order valence-electron chi connectivity index (χ1n) is 11.7. The minimum atomic E-state index is -1.09. The van der Waals surface area contributed by atoms with Crippen LogP contribution in [0.5, 0.6) is 0 Å². The van der Waals surface area contributed by atoms with Gasteiger partial charge in [0.2, 0.25) is 0 Å². The van der Waals surface area contributed by atoms with E-state index >= 15 is 0 Å². The topological polar surface area (TPSA) is 80.5 Å². The van der Waals surface area contributed by atoms with Crippen LogP contribution in [0.2, 0.25) is 0 Å². The number of carbonyl (C=O) groups is 1. The number of hydrogen-bond donors (Lipinski definition) is 1. The minimum Gasteiger partial charge on any atom is -0.477 e. The van der Waals surface area contributed by atoms with Crippen molar-refractivity contribution in [2.75, 3.05) is 24.6 Å². The van der Waals surface area contributed by atoms with E-state index in [4.69, 9.17) is 9.84 Å². The van der Waals surface area contributed by atoms with Gasteiger partial charge in [0.15, 0.2) is 11.3 Å². The standard InChI is InChI=1S/C25H31FN4O3/c1-4-5-14-33-19-10-12-29(13-11-19)21-15-20(25(31)32)27-24-22(21)23(16(2)3)28-30(24)18-8-6-17(26)7-9-18/h6-9,15-16,19H,4-5,10-14H2,1-3H3,(H,31,32). The summed E-state index contributed by atoms with van der Waals surface area (Å²) in [4.78, 5) is 18.6. The average Bonchev–Trinajstić information content (AvgIpc) is 3.20. The number of anilines is 1. The Balaban J connectivity index is 1.77. The minimum absolute atomic E-state index is 0.0302. The van der Waals surface area contributed by atoms with Crippen molar-refractivity contribution < 1.29 is 19.0 Å². The lowest BCUT2D eigenvalue weighted by Gasteiger charge is -2.34. The second-order valence-electron chi connectivity index (χ2n) is 8.87. The molecule has 7 nitrogen and oxygen atoms in total. The van der Waals surface area contributed by atoms with Crippen molar-refractivity contribution in [2.24, 2.45) is 0 Å². The van der Waals surface area contributed by atoms with E-state index in [0.717, 1.165) is 62.1 Å². The van der Waals surface area contributed by atoms with Gasteiger partial charge in [0, 0.05) is 19.7 Å². The molecule has 2 aromatic heterocycles. The van der Waals surface area contributed by atoms with Crippen LogP contribution >= 0.6 is 0 Å². The fourth-order valence-corrected chi connectivity index (χ4v) is 4.31. The molecule has 1 fully saturated rings. The Hall–Kier alpha value is -3.00. The van der Waals surface area contributed by atoms with Crippen molar-refractivity contribution in [3.8, 4) is 5.69 Å². The number of rotatable bonds is 8. The molecule has 176 valence electrons. The normalized spacial score (nSPS) is 15.0. The maximum atomic E-state index is 13.5. The van der Waals surface area contributed by atoms with E-state index in [-0.39, 0.29) is 23.5 Å². The highest BCUT2D eigenvalue weighted by Gasteiger charge is 2.27. The van der Waals surface area contributed by atoms with E-state index in [2.05, 4.69) is 30.7 Å². The lowest BCUT2D eigenvalue weighted by molar-refractivity contribution is 0.0355. The molecule has 33 heavy (non-hydrogen) atoms. The van der Waals surface area contributed by atoms with Gasteiger partial charge in [0.1, 0.15) is 5.82 Å². The van der Waals surface area contributed by atoms with Gasteiger partial charge in [-0.3, -0.25) is 0 Å². The summed E-state index contributed by atoms with van der Waals surface area (Å²) in [6.45, 7) is 8.59. The molecule has 1 N–H and O–H groups in total. The molecule has 0 amide bonds. The molecule has 0 spiro atoms. The van der Waals surface area contributed by atoms with Crippen LogP contribution in [-0.2, 0) is 4.74 Å². The Morgan fingerprint density at radius 2 is 1.94 bits per heavy atom. The predicted molar refractivity (Wildman–Crippen MR) is 126 cm³/mol. The molecular formula is C25H31FN4O3. The maximum Gasteiger partial charge on any atom is 0.354 e. The van der Waals surface area contributed by atoms with E-state index < -0.39 is 5.97 Å². The van der Waals surface area contributed by atoms with E-state index in [0.29, 0.717) is 11.3 Å². The van der Waals surface area contributed by atoms with E-state index in [1.165, 1.54) is 12.1 Å². The molecule has 0 saturated carbocycles. The lowest BCUT2D eigenvalue weighted by atomic mass is 10.0. The van der Waals surface area contributed by atoms with Crippen molar-refractivity contribution in [3.63, 3.8) is 0 Å². The fourth-order valence-electron chi connectivity index (χ4n) is 4.31. The Labute approximate surface area is 193 Å². The highest BCUT2D eigenvalue weighted by Crippen LogP contribution is 2.36. The third-order valence-corrected chi connectivity index (χ3v) is 6.12. The molecule has 0 radical (unpaired) electrons. The summed E-state index contributed by atoms with van der Waals surface area (Å²) < 4.78 is 21.2. The summed E-state index contributed by atoms with van der Waals surface area (Å²) in [5.74, 6) is -1.34. The molecule has 4 rings (SSSR count). The Kier molecular flexibility index (Phi) is 6.93. The SMILES string of the molecule is CCCCOC1CCN(c2cc(C(=O)O)nc3c2c(C(C)C)nn3-c2ccc(F)cc2)CC1. The fraction of sp³-hybridized carbons (Fsp3) is 0.480. The molecule has 8 heteroatoms. The van der Waals surface area contributed by atoms with Gasteiger partial charge in [0.25, 0.3) is 0 Å². The van der Waals surface area contributed by atoms with Crippen LogP contribution in [0.3, 0.4) is 0 Å².